The molecule has 0 saturated carbocycles. The molecule has 1 aliphatic heterocycles. The van der Waals surface area contributed by atoms with E-state index in [2.05, 4.69) is 17.1 Å². The number of aryl methyl sites for hydroxylation is 1. The van der Waals surface area contributed by atoms with E-state index in [1.54, 1.807) is 19.2 Å². The Morgan fingerprint density at radius 3 is 2.50 bits per heavy atom. The van der Waals surface area contributed by atoms with Gasteiger partial charge in [0, 0.05) is 37.4 Å². The van der Waals surface area contributed by atoms with Gasteiger partial charge in [-0.05, 0) is 42.3 Å². The Morgan fingerprint density at radius 1 is 1.04 bits per heavy atom. The predicted octanol–water partition coefficient (Wildman–Crippen LogP) is 2.65. The first-order chi connectivity index (χ1) is 13.6. The molecule has 6 nitrogen and oxygen atoms in total. The summed E-state index contributed by atoms with van der Waals surface area (Å²) in [5, 5.41) is 2.96. The van der Waals surface area contributed by atoms with E-state index >= 15 is 0 Å². The molecule has 1 saturated heterocycles. The number of carbonyl (C=O) groups is 2. The van der Waals surface area contributed by atoms with E-state index in [-0.39, 0.29) is 11.8 Å². The number of hydrogen-bond donors (Lipinski definition) is 1. The van der Waals surface area contributed by atoms with Gasteiger partial charge in [0.2, 0.25) is 5.91 Å². The van der Waals surface area contributed by atoms with Crippen LogP contribution >= 0.6 is 0 Å². The van der Waals surface area contributed by atoms with E-state index in [0.29, 0.717) is 44.0 Å². The fourth-order valence-electron chi connectivity index (χ4n) is 3.32. The number of methoxy groups -OCH3 is 1. The SMILES string of the molecule is CCc1cccc(NC(=O)CN2CCN(C(=O)c3cccc(OC)c3)CC2)c1. The summed E-state index contributed by atoms with van der Waals surface area (Å²) >= 11 is 0. The summed E-state index contributed by atoms with van der Waals surface area (Å²) < 4.78 is 5.19. The smallest absolute Gasteiger partial charge is 0.254 e. The minimum Gasteiger partial charge on any atom is -0.497 e. The number of amides is 2. The van der Waals surface area contributed by atoms with Gasteiger partial charge in [-0.1, -0.05) is 25.1 Å². The number of benzene rings is 2. The van der Waals surface area contributed by atoms with Crippen LogP contribution in [0.2, 0.25) is 0 Å². The molecule has 0 unspecified atom stereocenters. The third-order valence-electron chi connectivity index (χ3n) is 4.96. The monoisotopic (exact) mass is 381 g/mol. The van der Waals surface area contributed by atoms with Gasteiger partial charge in [0.15, 0.2) is 0 Å². The highest BCUT2D eigenvalue weighted by Gasteiger charge is 2.23. The van der Waals surface area contributed by atoms with Crippen molar-refractivity contribution in [2.45, 2.75) is 13.3 Å². The van der Waals surface area contributed by atoms with Crippen LogP contribution in [0.5, 0.6) is 5.75 Å². The minimum atomic E-state index is -0.0270. The van der Waals surface area contributed by atoms with Gasteiger partial charge in [-0.2, -0.15) is 0 Å². The van der Waals surface area contributed by atoms with Gasteiger partial charge in [-0.25, -0.2) is 0 Å². The largest absolute Gasteiger partial charge is 0.497 e. The Balaban J connectivity index is 1.49. The Hall–Kier alpha value is -2.86. The zero-order valence-corrected chi connectivity index (χ0v) is 16.5. The van der Waals surface area contributed by atoms with Gasteiger partial charge in [-0.15, -0.1) is 0 Å². The first-order valence-electron chi connectivity index (χ1n) is 9.63. The Kier molecular flexibility index (Phi) is 6.66. The van der Waals surface area contributed by atoms with Gasteiger partial charge < -0.3 is 15.0 Å². The number of nitrogens with zero attached hydrogens (tertiary/aromatic N) is 2. The van der Waals surface area contributed by atoms with Crippen LogP contribution in [0.15, 0.2) is 48.5 Å². The highest BCUT2D eigenvalue weighted by molar-refractivity contribution is 5.95. The fourth-order valence-corrected chi connectivity index (χ4v) is 3.32. The second kappa shape index (κ2) is 9.37. The van der Waals surface area contributed by atoms with E-state index in [1.807, 2.05) is 41.3 Å². The van der Waals surface area contributed by atoms with Gasteiger partial charge in [0.1, 0.15) is 5.75 Å². The van der Waals surface area contributed by atoms with Crippen LogP contribution in [0.4, 0.5) is 5.69 Å². The first kappa shape index (κ1) is 19.9. The van der Waals surface area contributed by atoms with Crippen LogP contribution in [0, 0.1) is 0 Å². The molecule has 1 aliphatic rings. The lowest BCUT2D eigenvalue weighted by Gasteiger charge is -2.34. The van der Waals surface area contributed by atoms with Crippen molar-refractivity contribution in [1.29, 1.82) is 0 Å². The first-order valence-corrected chi connectivity index (χ1v) is 9.63. The minimum absolute atomic E-state index is 0.000572. The maximum Gasteiger partial charge on any atom is 0.254 e. The predicted molar refractivity (Wildman–Crippen MR) is 110 cm³/mol. The number of hydrogen-bond acceptors (Lipinski definition) is 4. The third kappa shape index (κ3) is 5.10. The molecule has 0 spiro atoms. The third-order valence-corrected chi connectivity index (χ3v) is 4.96. The second-order valence-corrected chi connectivity index (χ2v) is 6.90. The summed E-state index contributed by atoms with van der Waals surface area (Å²) in [5.74, 6) is 0.647. The molecular weight excluding hydrogens is 354 g/mol. The van der Waals surface area contributed by atoms with Crippen LogP contribution in [-0.2, 0) is 11.2 Å². The fraction of sp³-hybridized carbons (Fsp3) is 0.364. The van der Waals surface area contributed by atoms with Crippen molar-refractivity contribution >= 4 is 17.5 Å². The molecule has 6 heteroatoms. The van der Waals surface area contributed by atoms with Crippen LogP contribution in [-0.4, -0.2) is 61.4 Å². The standard InChI is InChI=1S/C22H27N3O3/c1-3-17-6-4-8-19(14-17)23-21(26)16-24-10-12-25(13-11-24)22(27)18-7-5-9-20(15-18)28-2/h4-9,14-15H,3,10-13,16H2,1-2H3,(H,23,26). The summed E-state index contributed by atoms with van der Waals surface area (Å²) in [5.41, 5.74) is 2.65. The van der Waals surface area contributed by atoms with E-state index in [0.717, 1.165) is 12.1 Å². The average Bonchev–Trinajstić information content (AvgIpc) is 2.74. The lowest BCUT2D eigenvalue weighted by atomic mass is 10.1. The zero-order chi connectivity index (χ0) is 19.9. The zero-order valence-electron chi connectivity index (χ0n) is 16.5. The molecule has 2 amide bonds. The van der Waals surface area contributed by atoms with Crippen molar-refractivity contribution in [1.82, 2.24) is 9.80 Å². The summed E-state index contributed by atoms with van der Waals surface area (Å²) in [6.45, 7) is 4.99. The number of anilines is 1. The molecule has 1 fully saturated rings. The topological polar surface area (TPSA) is 61.9 Å². The van der Waals surface area contributed by atoms with Crippen LogP contribution in [0.25, 0.3) is 0 Å². The van der Waals surface area contributed by atoms with Crippen molar-refractivity contribution in [2.75, 3.05) is 45.2 Å². The number of piperazine rings is 1. The van der Waals surface area contributed by atoms with Crippen LogP contribution < -0.4 is 10.1 Å². The van der Waals surface area contributed by atoms with Crippen molar-refractivity contribution in [3.8, 4) is 5.75 Å². The number of nitrogens with one attached hydrogen (secondary N) is 1. The molecule has 0 bridgehead atoms. The lowest BCUT2D eigenvalue weighted by Crippen LogP contribution is -2.50. The quantitative estimate of drug-likeness (QED) is 0.836. The molecule has 3 rings (SSSR count). The molecule has 2 aromatic rings. The maximum atomic E-state index is 12.7. The Morgan fingerprint density at radius 2 is 1.79 bits per heavy atom. The number of ether oxygens (including phenoxy) is 1. The average molecular weight is 381 g/mol. The molecule has 0 aliphatic carbocycles. The van der Waals surface area contributed by atoms with Gasteiger partial charge in [-0.3, -0.25) is 14.5 Å². The summed E-state index contributed by atoms with van der Waals surface area (Å²) in [4.78, 5) is 28.9. The highest BCUT2D eigenvalue weighted by Crippen LogP contribution is 2.16. The Bertz CT molecular complexity index is 829. The van der Waals surface area contributed by atoms with Gasteiger partial charge in [0.25, 0.3) is 5.91 Å². The molecule has 0 radical (unpaired) electrons. The van der Waals surface area contributed by atoms with E-state index in [4.69, 9.17) is 4.74 Å². The van der Waals surface area contributed by atoms with Gasteiger partial charge >= 0.3 is 0 Å². The summed E-state index contributed by atoms with van der Waals surface area (Å²) in [7, 11) is 1.59. The van der Waals surface area contributed by atoms with E-state index in [9.17, 15) is 9.59 Å². The summed E-state index contributed by atoms with van der Waals surface area (Å²) in [6.07, 6.45) is 0.937. The van der Waals surface area contributed by atoms with Crippen molar-refractivity contribution in [3.05, 3.63) is 59.7 Å². The normalized spacial score (nSPS) is 14.6. The molecule has 1 N–H and O–H groups in total. The summed E-state index contributed by atoms with van der Waals surface area (Å²) in [6, 6.07) is 15.1. The van der Waals surface area contributed by atoms with E-state index < -0.39 is 0 Å². The Labute approximate surface area is 166 Å². The second-order valence-electron chi connectivity index (χ2n) is 6.90. The van der Waals surface area contributed by atoms with Gasteiger partial charge in [0.05, 0.1) is 13.7 Å². The number of rotatable bonds is 6. The van der Waals surface area contributed by atoms with E-state index in [1.165, 1.54) is 5.56 Å². The van der Waals surface area contributed by atoms with Crippen LogP contribution in [0.3, 0.4) is 0 Å². The lowest BCUT2D eigenvalue weighted by molar-refractivity contribution is -0.117. The van der Waals surface area contributed by atoms with Crippen molar-refractivity contribution < 1.29 is 14.3 Å². The van der Waals surface area contributed by atoms with Crippen molar-refractivity contribution in [3.63, 3.8) is 0 Å². The molecule has 28 heavy (non-hydrogen) atoms. The molecule has 0 atom stereocenters. The maximum absolute atomic E-state index is 12.7. The van der Waals surface area contributed by atoms with Crippen LogP contribution in [0.1, 0.15) is 22.8 Å². The molecule has 2 aromatic carbocycles. The molecule has 148 valence electrons. The molecule has 0 aromatic heterocycles. The van der Waals surface area contributed by atoms with Crippen molar-refractivity contribution in [2.24, 2.45) is 0 Å². The molecular formula is C22H27N3O3. The highest BCUT2D eigenvalue weighted by atomic mass is 16.5. The molecule has 1 heterocycles. The number of carbonyl (C=O) groups excluding carboxylic acids is 2.